The normalized spacial score (nSPS) is 6.75. The fraction of sp³-hybridized carbons (Fsp3) is 0.143. The maximum Gasteiger partial charge on any atom is 0.212 e. The van der Waals surface area contributed by atoms with Gasteiger partial charge in [-0.15, -0.1) is 0 Å². The van der Waals surface area contributed by atoms with E-state index in [1.165, 1.54) is 0 Å². The van der Waals surface area contributed by atoms with E-state index in [0.29, 0.717) is 12.4 Å². The number of methoxy groups -OCH3 is 1. The second-order valence-corrected chi connectivity index (χ2v) is 1.46. The first-order valence-corrected chi connectivity index (χ1v) is 2.81. The van der Waals surface area contributed by atoms with Crippen LogP contribution >= 0.6 is 0 Å². The minimum atomic E-state index is 0. The molecule has 5 heteroatoms. The first kappa shape index (κ1) is 13.6. The molecule has 0 saturated heterocycles. The molecule has 0 bridgehead atoms. The Morgan fingerprint density at radius 3 is 2.42 bits per heavy atom. The quantitative estimate of drug-likeness (QED) is 0.558. The van der Waals surface area contributed by atoms with Crippen molar-refractivity contribution < 1.29 is 34.1 Å². The Kier molecular flexibility index (Phi) is 11.4. The van der Waals surface area contributed by atoms with Crippen molar-refractivity contribution in [1.82, 2.24) is 4.98 Å². The summed E-state index contributed by atoms with van der Waals surface area (Å²) in [5.41, 5.74) is 0. The van der Waals surface area contributed by atoms with Crippen molar-refractivity contribution in [3.05, 3.63) is 24.4 Å². The third-order valence-electron chi connectivity index (χ3n) is 0.847. The molecule has 12 heavy (non-hydrogen) atoms. The van der Waals surface area contributed by atoms with Gasteiger partial charge in [0.25, 0.3) is 0 Å². The van der Waals surface area contributed by atoms with Crippen LogP contribution in [0.3, 0.4) is 0 Å². The summed E-state index contributed by atoms with van der Waals surface area (Å²) in [5, 5.41) is 6.76. The summed E-state index contributed by atoms with van der Waals surface area (Å²) in [7, 11) is 1.60. The number of hydrogen-bond acceptors (Lipinski definition) is 3. The molecule has 1 N–H and O–H groups in total. The maximum absolute atomic E-state index is 8.24. The molecule has 0 radical (unpaired) electrons. The average molecular weight is 220 g/mol. The number of ether oxygens (including phenoxy) is 1. The van der Waals surface area contributed by atoms with Crippen molar-refractivity contribution in [1.29, 1.82) is 0 Å². The maximum atomic E-state index is 8.24. The Labute approximate surface area is 83.3 Å². The zero-order chi connectivity index (χ0) is 8.53. The fourth-order valence-electron chi connectivity index (χ4n) is 0.468. The molecule has 1 aromatic rings. The molecule has 0 fully saturated rings. The Balaban J connectivity index is 0. The molecular formula is C7H8NO3Zn-. The molecule has 0 spiro atoms. The van der Waals surface area contributed by atoms with Gasteiger partial charge in [-0.2, -0.15) is 0 Å². The van der Waals surface area contributed by atoms with E-state index in [1.54, 1.807) is 19.4 Å². The van der Waals surface area contributed by atoms with Gasteiger partial charge in [-0.25, -0.2) is 4.98 Å². The Hall–Kier alpha value is -0.957. The van der Waals surface area contributed by atoms with Gasteiger partial charge in [0, 0.05) is 31.7 Å². The topological polar surface area (TPSA) is 59.4 Å². The van der Waals surface area contributed by atoms with Gasteiger partial charge < -0.3 is 14.6 Å². The van der Waals surface area contributed by atoms with Gasteiger partial charge in [0.1, 0.15) is 0 Å². The Bertz CT molecular complexity index is 193. The number of nitrogens with zero attached hydrogens (tertiary/aromatic N) is 1. The number of aromatic nitrogens is 1. The molecule has 0 unspecified atom stereocenters. The van der Waals surface area contributed by atoms with Gasteiger partial charge in [0.15, 0.2) is 0 Å². The van der Waals surface area contributed by atoms with Crippen LogP contribution in [0.5, 0.6) is 5.88 Å². The van der Waals surface area contributed by atoms with E-state index in [4.69, 9.17) is 14.6 Å². The zero-order valence-corrected chi connectivity index (χ0v) is 9.69. The van der Waals surface area contributed by atoms with Crippen molar-refractivity contribution >= 4 is 6.47 Å². The standard InChI is InChI=1S/C6H7NO.CHO2.Zn/c1-8-6-4-2-3-5-7-6;2-1-3;/h2-5H,1H3;(H,2,3);/q;-1;. The van der Waals surface area contributed by atoms with Gasteiger partial charge >= 0.3 is 0 Å². The van der Waals surface area contributed by atoms with Crippen LogP contribution < -0.4 is 4.74 Å². The fourth-order valence-corrected chi connectivity index (χ4v) is 0.468. The summed E-state index contributed by atoms with van der Waals surface area (Å²) in [4.78, 5) is 12.1. The Morgan fingerprint density at radius 1 is 1.58 bits per heavy atom. The summed E-state index contributed by atoms with van der Waals surface area (Å²) in [6.07, 6.45) is 1.69. The van der Waals surface area contributed by atoms with Crippen LogP contribution in [-0.2, 0) is 24.3 Å². The average Bonchev–Trinajstić information content (AvgIpc) is 2.08. The minimum absolute atomic E-state index is 0. The van der Waals surface area contributed by atoms with Crippen LogP contribution in [-0.4, -0.2) is 23.7 Å². The van der Waals surface area contributed by atoms with E-state index < -0.39 is 0 Å². The first-order valence-electron chi connectivity index (χ1n) is 2.81. The number of pyridine rings is 1. The molecule has 0 aliphatic carbocycles. The van der Waals surface area contributed by atoms with Gasteiger partial charge in [-0.05, 0) is 6.07 Å². The number of hydrogen-bond donors (Lipinski definition) is 1. The van der Waals surface area contributed by atoms with Gasteiger partial charge in [-0.1, -0.05) is 12.5 Å². The van der Waals surface area contributed by atoms with E-state index in [1.807, 2.05) is 12.1 Å². The molecular weight excluding hydrogens is 211 g/mol. The van der Waals surface area contributed by atoms with E-state index >= 15 is 0 Å². The molecule has 0 aliphatic heterocycles. The van der Waals surface area contributed by atoms with Crippen LogP contribution in [0.15, 0.2) is 24.4 Å². The molecule has 0 saturated carbocycles. The molecule has 0 aromatic carbocycles. The monoisotopic (exact) mass is 218 g/mol. The summed E-state index contributed by atoms with van der Waals surface area (Å²) in [6, 6.07) is 5.54. The predicted octanol–water partition coefficient (Wildman–Crippen LogP) is 0.699. The number of aliphatic hydroxyl groups excluding tert-OH is 1. The van der Waals surface area contributed by atoms with Crippen molar-refractivity contribution in [3.8, 4) is 5.88 Å². The summed E-state index contributed by atoms with van der Waals surface area (Å²) in [6.45, 7) is 0.500. The van der Waals surface area contributed by atoms with Crippen LogP contribution in [0.4, 0.5) is 0 Å². The third-order valence-corrected chi connectivity index (χ3v) is 0.847. The summed E-state index contributed by atoms with van der Waals surface area (Å²) in [5.74, 6) is 0.660. The second kappa shape index (κ2) is 10.0. The molecule has 62 valence electrons. The van der Waals surface area contributed by atoms with Crippen LogP contribution in [0.1, 0.15) is 0 Å². The van der Waals surface area contributed by atoms with Crippen LogP contribution in [0, 0.1) is 0 Å². The van der Waals surface area contributed by atoms with Gasteiger partial charge in [0.05, 0.1) is 7.11 Å². The van der Waals surface area contributed by atoms with Gasteiger partial charge in [0.2, 0.25) is 5.88 Å². The smallest absolute Gasteiger partial charge is 0.212 e. The van der Waals surface area contributed by atoms with E-state index in [9.17, 15) is 0 Å². The van der Waals surface area contributed by atoms with Crippen molar-refractivity contribution in [2.45, 2.75) is 0 Å². The van der Waals surface area contributed by atoms with Crippen molar-refractivity contribution in [3.63, 3.8) is 0 Å². The minimum Gasteiger partial charge on any atom is -0.665 e. The van der Waals surface area contributed by atoms with E-state index in [-0.39, 0.29) is 19.5 Å². The van der Waals surface area contributed by atoms with Crippen molar-refractivity contribution in [2.75, 3.05) is 7.11 Å². The molecule has 1 rings (SSSR count). The van der Waals surface area contributed by atoms with Crippen LogP contribution in [0.2, 0.25) is 0 Å². The third kappa shape index (κ3) is 7.15. The molecule has 0 atom stereocenters. The van der Waals surface area contributed by atoms with Gasteiger partial charge in [-0.3, -0.25) is 0 Å². The van der Waals surface area contributed by atoms with E-state index in [2.05, 4.69) is 4.98 Å². The molecule has 0 amide bonds. The zero-order valence-electron chi connectivity index (χ0n) is 6.73. The number of rotatable bonds is 1. The van der Waals surface area contributed by atoms with Crippen molar-refractivity contribution in [2.24, 2.45) is 0 Å². The predicted molar refractivity (Wildman–Crippen MR) is 39.1 cm³/mol. The van der Waals surface area contributed by atoms with Crippen LogP contribution in [0.25, 0.3) is 0 Å². The first-order chi connectivity index (χ1) is 5.35. The molecule has 0 aliphatic rings. The summed E-state index contributed by atoms with van der Waals surface area (Å²) >= 11 is 0. The Morgan fingerprint density at radius 2 is 2.17 bits per heavy atom. The second-order valence-electron chi connectivity index (χ2n) is 1.46. The van der Waals surface area contributed by atoms with E-state index in [0.717, 1.165) is 0 Å². The molecule has 4 nitrogen and oxygen atoms in total. The largest absolute Gasteiger partial charge is 0.665 e. The summed E-state index contributed by atoms with van der Waals surface area (Å²) < 4.78 is 4.80. The SMILES string of the molecule is COc1ccccn1.O=[C-]O.[Zn]. The molecule has 1 heterocycles. The molecule has 1 aromatic heterocycles.